The number of hydrogen-bond donors (Lipinski definition) is 0. The predicted molar refractivity (Wildman–Crippen MR) is 90.8 cm³/mol. The van der Waals surface area contributed by atoms with Crippen molar-refractivity contribution in [3.63, 3.8) is 0 Å². The third-order valence-corrected chi connectivity index (χ3v) is 3.84. The largest absolute Gasteiger partial charge is 0.322 e. The molecule has 0 fully saturated rings. The molecule has 0 aliphatic rings. The lowest BCUT2D eigenvalue weighted by molar-refractivity contribution is 0.841. The first-order valence-electron chi connectivity index (χ1n) is 7.32. The molecule has 0 spiro atoms. The zero-order valence-electron chi connectivity index (χ0n) is 12.4. The molecule has 3 heterocycles. The van der Waals surface area contributed by atoms with Crippen LogP contribution >= 0.6 is 0 Å². The summed E-state index contributed by atoms with van der Waals surface area (Å²) >= 11 is 0. The van der Waals surface area contributed by atoms with E-state index in [-0.39, 0.29) is 5.56 Å². The van der Waals surface area contributed by atoms with E-state index < -0.39 is 0 Å². The Bertz CT molecular complexity index is 1080. The molecule has 4 aromatic rings. The highest BCUT2D eigenvalue weighted by Crippen LogP contribution is 2.22. The molecule has 23 heavy (non-hydrogen) atoms. The summed E-state index contributed by atoms with van der Waals surface area (Å²) in [4.78, 5) is 22.0. The van der Waals surface area contributed by atoms with Gasteiger partial charge in [-0.05, 0) is 24.3 Å². The van der Waals surface area contributed by atoms with Crippen molar-refractivity contribution in [2.24, 2.45) is 0 Å². The van der Waals surface area contributed by atoms with E-state index in [1.165, 1.54) is 0 Å². The van der Waals surface area contributed by atoms with Gasteiger partial charge in [-0.3, -0.25) is 9.36 Å². The fourth-order valence-corrected chi connectivity index (χ4v) is 2.86. The quantitative estimate of drug-likeness (QED) is 0.547. The van der Waals surface area contributed by atoms with Gasteiger partial charge in [0.1, 0.15) is 16.7 Å². The Balaban J connectivity index is 2.23. The number of pyridine rings is 2. The third-order valence-electron chi connectivity index (χ3n) is 3.84. The van der Waals surface area contributed by atoms with Crippen molar-refractivity contribution in [1.82, 2.24) is 19.1 Å². The van der Waals surface area contributed by atoms with Gasteiger partial charge in [-0.25, -0.2) is 9.97 Å². The molecule has 0 bridgehead atoms. The number of fused-ring (bicyclic) bond motifs is 3. The molecular weight excluding hydrogens is 288 g/mol. The third kappa shape index (κ3) is 1.97. The Morgan fingerprint density at radius 1 is 1.09 bits per heavy atom. The van der Waals surface area contributed by atoms with Gasteiger partial charge < -0.3 is 4.57 Å². The van der Waals surface area contributed by atoms with E-state index in [4.69, 9.17) is 0 Å². The molecule has 1 aromatic carbocycles. The summed E-state index contributed by atoms with van der Waals surface area (Å²) in [6.45, 7) is 4.28. The van der Waals surface area contributed by atoms with Gasteiger partial charge in [0.2, 0.25) is 0 Å². The van der Waals surface area contributed by atoms with Gasteiger partial charge in [0, 0.05) is 18.1 Å². The van der Waals surface area contributed by atoms with E-state index in [0.717, 1.165) is 11.1 Å². The maximum absolute atomic E-state index is 13.1. The molecular formula is C18H14N4O. The van der Waals surface area contributed by atoms with Crippen LogP contribution < -0.4 is 5.56 Å². The molecule has 0 aliphatic heterocycles. The Morgan fingerprint density at radius 2 is 1.91 bits per heavy atom. The Morgan fingerprint density at radius 3 is 2.70 bits per heavy atom. The van der Waals surface area contributed by atoms with Crippen LogP contribution in [0, 0.1) is 0 Å². The summed E-state index contributed by atoms with van der Waals surface area (Å²) in [5, 5.41) is 0.855. The van der Waals surface area contributed by atoms with E-state index in [0.29, 0.717) is 23.2 Å². The zero-order valence-corrected chi connectivity index (χ0v) is 12.4. The first kappa shape index (κ1) is 13.5. The molecule has 4 rings (SSSR count). The number of nitrogens with zero attached hydrogens (tertiary/aromatic N) is 4. The zero-order chi connectivity index (χ0) is 15.8. The molecule has 0 aliphatic carbocycles. The lowest BCUT2D eigenvalue weighted by Gasteiger charge is -2.11. The van der Waals surface area contributed by atoms with Crippen molar-refractivity contribution >= 4 is 22.1 Å². The first-order valence-corrected chi connectivity index (χ1v) is 7.32. The predicted octanol–water partition coefficient (Wildman–Crippen LogP) is 2.92. The van der Waals surface area contributed by atoms with Crippen molar-refractivity contribution < 1.29 is 0 Å². The van der Waals surface area contributed by atoms with Crippen molar-refractivity contribution in [2.45, 2.75) is 6.54 Å². The van der Waals surface area contributed by atoms with Crippen LogP contribution in [-0.2, 0) is 6.54 Å². The summed E-state index contributed by atoms with van der Waals surface area (Å²) in [5.74, 6) is 0. The molecule has 0 radical (unpaired) electrons. The van der Waals surface area contributed by atoms with Gasteiger partial charge in [-0.2, -0.15) is 0 Å². The normalized spacial score (nSPS) is 11.1. The van der Waals surface area contributed by atoms with E-state index in [2.05, 4.69) is 16.5 Å². The summed E-state index contributed by atoms with van der Waals surface area (Å²) in [7, 11) is 0. The van der Waals surface area contributed by atoms with Crippen LogP contribution in [0.5, 0.6) is 0 Å². The SMILES string of the molecule is C=CCn1cnc2c3cccnc3n(-c3ccccc3)c(=O)c21. The second-order valence-corrected chi connectivity index (χ2v) is 5.23. The highest BCUT2D eigenvalue weighted by atomic mass is 16.1. The van der Waals surface area contributed by atoms with Gasteiger partial charge in [-0.15, -0.1) is 6.58 Å². The van der Waals surface area contributed by atoms with E-state index in [1.807, 2.05) is 47.0 Å². The van der Waals surface area contributed by atoms with Crippen molar-refractivity contribution in [1.29, 1.82) is 0 Å². The van der Waals surface area contributed by atoms with Gasteiger partial charge in [-0.1, -0.05) is 24.3 Å². The van der Waals surface area contributed by atoms with Gasteiger partial charge >= 0.3 is 0 Å². The Labute approximate surface area is 132 Å². The molecule has 3 aromatic heterocycles. The minimum Gasteiger partial charge on any atom is -0.322 e. The molecule has 0 N–H and O–H groups in total. The number of aromatic nitrogens is 4. The van der Waals surface area contributed by atoms with Crippen LogP contribution in [-0.4, -0.2) is 19.1 Å². The minimum atomic E-state index is -0.128. The lowest BCUT2D eigenvalue weighted by Crippen LogP contribution is -2.21. The smallest absolute Gasteiger partial charge is 0.282 e. The molecule has 0 saturated heterocycles. The minimum absolute atomic E-state index is 0.128. The average Bonchev–Trinajstić information content (AvgIpc) is 3.01. The van der Waals surface area contributed by atoms with E-state index in [1.54, 1.807) is 23.2 Å². The van der Waals surface area contributed by atoms with Gasteiger partial charge in [0.15, 0.2) is 0 Å². The Hall–Kier alpha value is -3.21. The topological polar surface area (TPSA) is 52.7 Å². The van der Waals surface area contributed by atoms with Crippen LogP contribution in [0.15, 0.2) is 72.4 Å². The lowest BCUT2D eigenvalue weighted by atomic mass is 10.2. The van der Waals surface area contributed by atoms with Gasteiger partial charge in [0.25, 0.3) is 5.56 Å². The highest BCUT2D eigenvalue weighted by Gasteiger charge is 2.16. The Kier molecular flexibility index (Phi) is 3.05. The summed E-state index contributed by atoms with van der Waals surface area (Å²) in [6.07, 6.45) is 5.12. The van der Waals surface area contributed by atoms with Gasteiger partial charge in [0.05, 0.1) is 12.0 Å². The van der Waals surface area contributed by atoms with Crippen LogP contribution in [0.25, 0.3) is 27.8 Å². The molecule has 0 saturated carbocycles. The standard InChI is InChI=1S/C18H14N4O/c1-2-11-21-12-20-15-14-9-6-10-19-17(14)22(18(23)16(15)21)13-7-4-3-5-8-13/h2-10,12H,1,11H2. The molecule has 5 nitrogen and oxygen atoms in total. The molecule has 112 valence electrons. The number of benzene rings is 1. The maximum atomic E-state index is 13.1. The number of imidazole rings is 1. The summed E-state index contributed by atoms with van der Waals surface area (Å²) < 4.78 is 3.45. The number of para-hydroxylation sites is 1. The van der Waals surface area contributed by atoms with Crippen LogP contribution in [0.4, 0.5) is 0 Å². The number of rotatable bonds is 3. The second-order valence-electron chi connectivity index (χ2n) is 5.23. The number of allylic oxidation sites excluding steroid dienone is 1. The maximum Gasteiger partial charge on any atom is 0.282 e. The van der Waals surface area contributed by atoms with Crippen molar-refractivity contribution in [2.75, 3.05) is 0 Å². The van der Waals surface area contributed by atoms with E-state index in [9.17, 15) is 4.79 Å². The van der Waals surface area contributed by atoms with Crippen molar-refractivity contribution in [3.8, 4) is 5.69 Å². The first-order chi connectivity index (χ1) is 11.3. The fraction of sp³-hybridized carbons (Fsp3) is 0.0556. The molecule has 5 heteroatoms. The van der Waals surface area contributed by atoms with Crippen LogP contribution in [0.2, 0.25) is 0 Å². The van der Waals surface area contributed by atoms with Crippen LogP contribution in [0.1, 0.15) is 0 Å². The molecule has 0 unspecified atom stereocenters. The summed E-state index contributed by atoms with van der Waals surface area (Å²) in [5.41, 5.74) is 2.51. The second kappa shape index (κ2) is 5.21. The molecule has 0 atom stereocenters. The summed E-state index contributed by atoms with van der Waals surface area (Å²) in [6, 6.07) is 13.3. The monoisotopic (exact) mass is 302 g/mol. The van der Waals surface area contributed by atoms with E-state index >= 15 is 0 Å². The average molecular weight is 302 g/mol. The van der Waals surface area contributed by atoms with Crippen LogP contribution in [0.3, 0.4) is 0 Å². The number of hydrogen-bond acceptors (Lipinski definition) is 3. The highest BCUT2D eigenvalue weighted by molar-refractivity contribution is 6.01. The molecule has 0 amide bonds. The van der Waals surface area contributed by atoms with Crippen molar-refractivity contribution in [3.05, 3.63) is 78.0 Å². The fourth-order valence-electron chi connectivity index (χ4n) is 2.86.